The minimum atomic E-state index is -4.17. The van der Waals surface area contributed by atoms with Gasteiger partial charge >= 0.3 is 12.8 Å². The van der Waals surface area contributed by atoms with Crippen LogP contribution < -0.4 is 10.2 Å². The zero-order chi connectivity index (χ0) is 36.6. The zero-order valence-electron chi connectivity index (χ0n) is 28.7. The quantitative estimate of drug-likeness (QED) is 0.191. The van der Waals surface area contributed by atoms with E-state index in [4.69, 9.17) is 4.74 Å². The fourth-order valence-corrected chi connectivity index (χ4v) is 8.01. The summed E-state index contributed by atoms with van der Waals surface area (Å²) in [4.78, 5) is 17.7. The first-order valence-corrected chi connectivity index (χ1v) is 18.8. The predicted molar refractivity (Wildman–Crippen MR) is 180 cm³/mol. The fraction of sp³-hybridized carbons (Fsp3) is 0.611. The number of carbonyl (C=O) groups excluding carboxylic acids is 1. The normalized spacial score (nSPS) is 22.2. The summed E-state index contributed by atoms with van der Waals surface area (Å²) in [6, 6.07) is 13.7. The molecule has 0 radical (unpaired) electrons. The van der Waals surface area contributed by atoms with Crippen molar-refractivity contribution in [1.29, 1.82) is 5.26 Å². The summed E-state index contributed by atoms with van der Waals surface area (Å²) in [6.07, 6.45) is -2.43. The second kappa shape index (κ2) is 17.3. The van der Waals surface area contributed by atoms with E-state index in [1.165, 1.54) is 12.1 Å². The van der Waals surface area contributed by atoms with E-state index in [2.05, 4.69) is 30.1 Å². The molecule has 0 spiro atoms. The summed E-state index contributed by atoms with van der Waals surface area (Å²) < 4.78 is 95.3. The topological polar surface area (TPSA) is 103 Å². The lowest BCUT2D eigenvalue weighted by molar-refractivity contribution is -0.184. The van der Waals surface area contributed by atoms with Crippen molar-refractivity contribution in [2.24, 2.45) is 17.8 Å². The Balaban J connectivity index is 1.47. The SMILES string of the molecule is CCS(=O)(=O)c1ccc([C@H](CC#N)NC(=O)c2ccc(N3C[C@@H](N(CC(C)C)CC4CCC(C(F)(F)F)CC4)C[C@H]3COC(F)F)cc2)cc1. The lowest BCUT2D eigenvalue weighted by Crippen LogP contribution is -2.43. The summed E-state index contributed by atoms with van der Waals surface area (Å²) in [5.41, 5.74) is 1.60. The van der Waals surface area contributed by atoms with Crippen LogP contribution in [0.3, 0.4) is 0 Å². The molecule has 2 aliphatic rings. The maximum absolute atomic E-state index is 13.3. The van der Waals surface area contributed by atoms with E-state index in [9.17, 15) is 40.4 Å². The Kier molecular flexibility index (Phi) is 13.7. The number of hydrogen-bond acceptors (Lipinski definition) is 7. The molecule has 276 valence electrons. The van der Waals surface area contributed by atoms with Gasteiger partial charge < -0.3 is 15.0 Å². The van der Waals surface area contributed by atoms with Gasteiger partial charge in [0.25, 0.3) is 5.91 Å². The molecule has 1 heterocycles. The highest BCUT2D eigenvalue weighted by atomic mass is 32.2. The number of anilines is 1. The standard InChI is InChI=1S/C36H47F5N4O4S/c1-4-50(47,48)32-15-9-26(10-16-32)33(17-18-42)43-34(46)27-7-13-29(14-8-27)45-22-30(19-31(45)23-49-35(37)38)44(20-24(2)3)21-25-5-11-28(12-6-25)36(39,40)41/h7-10,13-16,24-25,28,30-31,33,35H,4-6,11-12,17,19-23H2,1-3H3,(H,43,46)/t25?,28?,30-,31-,33-/m0/s1. The molecule has 2 aromatic carbocycles. The van der Waals surface area contributed by atoms with Gasteiger partial charge in [-0.05, 0) is 85.9 Å². The van der Waals surface area contributed by atoms with Crippen molar-refractivity contribution in [1.82, 2.24) is 10.2 Å². The number of carbonyl (C=O) groups is 1. The molecule has 1 aliphatic heterocycles. The number of benzene rings is 2. The smallest absolute Gasteiger partial charge is 0.365 e. The Morgan fingerprint density at radius 1 is 1.06 bits per heavy atom. The molecule has 1 amide bonds. The molecule has 1 aliphatic carbocycles. The average Bonchev–Trinajstić information content (AvgIpc) is 3.51. The number of sulfone groups is 1. The monoisotopic (exact) mass is 726 g/mol. The van der Waals surface area contributed by atoms with Crippen molar-refractivity contribution < 1.29 is 39.9 Å². The number of halogens is 5. The Bertz CT molecular complexity index is 1540. The van der Waals surface area contributed by atoms with Crippen LogP contribution in [0.5, 0.6) is 0 Å². The molecule has 2 fully saturated rings. The second-order valence-corrected chi connectivity index (χ2v) is 16.1. The van der Waals surface area contributed by atoms with Crippen LogP contribution >= 0.6 is 0 Å². The summed E-state index contributed by atoms with van der Waals surface area (Å²) in [7, 11) is -3.41. The van der Waals surface area contributed by atoms with Crippen LogP contribution in [0, 0.1) is 29.1 Å². The summed E-state index contributed by atoms with van der Waals surface area (Å²) in [5.74, 6) is -1.33. The molecule has 14 heteroatoms. The molecule has 2 aromatic rings. The first-order valence-electron chi connectivity index (χ1n) is 17.2. The molecule has 8 nitrogen and oxygen atoms in total. The van der Waals surface area contributed by atoms with Crippen molar-refractivity contribution in [3.63, 3.8) is 0 Å². The minimum Gasteiger partial charge on any atom is -0.365 e. The Morgan fingerprint density at radius 3 is 2.24 bits per heavy atom. The van der Waals surface area contributed by atoms with E-state index in [0.29, 0.717) is 49.2 Å². The van der Waals surface area contributed by atoms with E-state index in [0.717, 1.165) is 6.54 Å². The Hall–Kier alpha value is -3.28. The molecule has 0 bridgehead atoms. The molecular weight excluding hydrogens is 679 g/mol. The Labute approximate surface area is 291 Å². The van der Waals surface area contributed by atoms with Gasteiger partial charge in [-0.15, -0.1) is 0 Å². The highest BCUT2D eigenvalue weighted by Crippen LogP contribution is 2.40. The predicted octanol–water partition coefficient (Wildman–Crippen LogP) is 7.38. The average molecular weight is 727 g/mol. The van der Waals surface area contributed by atoms with Crippen molar-refractivity contribution in [3.8, 4) is 6.07 Å². The van der Waals surface area contributed by atoms with Crippen LogP contribution in [0.15, 0.2) is 53.4 Å². The maximum Gasteiger partial charge on any atom is 0.391 e. The van der Waals surface area contributed by atoms with Gasteiger partial charge in [0.15, 0.2) is 9.84 Å². The van der Waals surface area contributed by atoms with Crippen LogP contribution in [0.2, 0.25) is 0 Å². The lowest BCUT2D eigenvalue weighted by atomic mass is 9.81. The Morgan fingerprint density at radius 2 is 1.70 bits per heavy atom. The highest BCUT2D eigenvalue weighted by molar-refractivity contribution is 7.91. The first kappa shape index (κ1) is 39.5. The second-order valence-electron chi connectivity index (χ2n) is 13.8. The van der Waals surface area contributed by atoms with Crippen molar-refractivity contribution in [2.75, 3.05) is 36.9 Å². The molecule has 1 N–H and O–H groups in total. The lowest BCUT2D eigenvalue weighted by Gasteiger charge is -2.37. The van der Waals surface area contributed by atoms with Gasteiger partial charge in [0.1, 0.15) is 0 Å². The molecule has 1 saturated heterocycles. The molecule has 0 unspecified atom stereocenters. The summed E-state index contributed by atoms with van der Waals surface area (Å²) in [5, 5.41) is 12.2. The van der Waals surface area contributed by atoms with Crippen LogP contribution in [-0.4, -0.2) is 76.1 Å². The van der Waals surface area contributed by atoms with Gasteiger partial charge in [0.2, 0.25) is 0 Å². The fourth-order valence-electron chi connectivity index (χ4n) is 7.12. The number of alkyl halides is 5. The number of amides is 1. The van der Waals surface area contributed by atoms with Crippen LogP contribution in [0.25, 0.3) is 0 Å². The first-order chi connectivity index (χ1) is 23.6. The van der Waals surface area contributed by atoms with E-state index in [-0.39, 0.29) is 60.4 Å². The number of nitrogens with zero attached hydrogens (tertiary/aromatic N) is 3. The van der Waals surface area contributed by atoms with E-state index >= 15 is 0 Å². The molecule has 0 aromatic heterocycles. The number of ether oxygens (including phenoxy) is 1. The number of rotatable bonds is 15. The maximum atomic E-state index is 13.3. The molecule has 50 heavy (non-hydrogen) atoms. The number of nitriles is 1. The van der Waals surface area contributed by atoms with Gasteiger partial charge in [-0.3, -0.25) is 9.69 Å². The van der Waals surface area contributed by atoms with Crippen molar-refractivity contribution >= 4 is 21.4 Å². The van der Waals surface area contributed by atoms with Gasteiger partial charge in [-0.2, -0.15) is 27.2 Å². The molecule has 3 atom stereocenters. The van der Waals surface area contributed by atoms with Crippen LogP contribution in [0.1, 0.15) is 81.3 Å². The molecule has 1 saturated carbocycles. The van der Waals surface area contributed by atoms with Crippen LogP contribution in [-0.2, 0) is 14.6 Å². The third-order valence-corrected chi connectivity index (χ3v) is 11.6. The van der Waals surface area contributed by atoms with Gasteiger partial charge in [-0.25, -0.2) is 8.42 Å². The van der Waals surface area contributed by atoms with Crippen LogP contribution in [0.4, 0.5) is 27.6 Å². The highest BCUT2D eigenvalue weighted by Gasteiger charge is 2.42. The van der Waals surface area contributed by atoms with E-state index in [1.54, 1.807) is 43.3 Å². The van der Waals surface area contributed by atoms with Gasteiger partial charge in [-0.1, -0.05) is 32.9 Å². The van der Waals surface area contributed by atoms with E-state index in [1.807, 2.05) is 4.90 Å². The zero-order valence-corrected chi connectivity index (χ0v) is 29.5. The van der Waals surface area contributed by atoms with Crippen molar-refractivity contribution in [3.05, 3.63) is 59.7 Å². The summed E-state index contributed by atoms with van der Waals surface area (Å²) in [6.45, 7) is 4.42. The van der Waals surface area contributed by atoms with Gasteiger partial charge in [0.05, 0.1) is 47.7 Å². The number of nitrogens with one attached hydrogen (secondary N) is 1. The van der Waals surface area contributed by atoms with Crippen molar-refractivity contribution in [2.45, 2.75) is 95.1 Å². The number of hydrogen-bond donors (Lipinski definition) is 1. The molecular formula is C36H47F5N4O4S. The van der Waals surface area contributed by atoms with E-state index < -0.39 is 40.5 Å². The third kappa shape index (κ3) is 10.6. The largest absolute Gasteiger partial charge is 0.391 e. The molecule has 4 rings (SSSR count). The summed E-state index contributed by atoms with van der Waals surface area (Å²) >= 11 is 0. The van der Waals surface area contributed by atoms with Gasteiger partial charge in [0, 0.05) is 36.9 Å². The third-order valence-electron chi connectivity index (χ3n) is 9.81. The minimum absolute atomic E-state index is 0.0302.